The van der Waals surface area contributed by atoms with Gasteiger partial charge >= 0.3 is 0 Å². The number of aryl methyl sites for hydroxylation is 1. The molecule has 1 aromatic heterocycles. The average Bonchev–Trinajstić information content (AvgIpc) is 2.92. The third kappa shape index (κ3) is 2.16. The molecule has 0 fully saturated rings. The highest BCUT2D eigenvalue weighted by molar-refractivity contribution is 7.12. The predicted octanol–water partition coefficient (Wildman–Crippen LogP) is 3.87. The monoisotopic (exact) mass is 275 g/mol. The third-order valence-electron chi connectivity index (χ3n) is 3.52. The molecule has 1 aromatic carbocycles. The predicted molar refractivity (Wildman–Crippen MR) is 75.3 cm³/mol. The van der Waals surface area contributed by atoms with Crippen LogP contribution in [0, 0.1) is 5.82 Å². The molecule has 2 nitrogen and oxygen atoms in total. The number of amides is 1. The molecule has 2 aromatic rings. The molecule has 0 aliphatic carbocycles. The number of carbonyl (C=O) groups excluding carboxylic acids is 1. The molecule has 1 aliphatic rings. The highest BCUT2D eigenvalue weighted by Crippen LogP contribution is 2.33. The quantitative estimate of drug-likeness (QED) is 0.773. The van der Waals surface area contributed by atoms with Crippen LogP contribution in [0.2, 0.25) is 0 Å². The van der Waals surface area contributed by atoms with Crippen LogP contribution in [-0.2, 0) is 6.42 Å². The zero-order valence-corrected chi connectivity index (χ0v) is 11.4. The Morgan fingerprint density at radius 3 is 3.00 bits per heavy atom. The molecule has 2 heterocycles. The van der Waals surface area contributed by atoms with E-state index in [9.17, 15) is 9.18 Å². The van der Waals surface area contributed by atoms with Crippen LogP contribution in [-0.4, -0.2) is 11.9 Å². The molecule has 0 unspecified atom stereocenters. The van der Waals surface area contributed by atoms with Crippen molar-refractivity contribution in [3.05, 3.63) is 52.0 Å². The molecule has 1 aliphatic heterocycles. The van der Waals surface area contributed by atoms with Gasteiger partial charge in [0, 0.05) is 11.7 Å². The van der Waals surface area contributed by atoms with Crippen LogP contribution in [0.15, 0.2) is 35.7 Å². The molecule has 1 atom stereocenters. The summed E-state index contributed by atoms with van der Waals surface area (Å²) in [4.78, 5) is 15.1. The molecule has 0 saturated heterocycles. The average molecular weight is 275 g/mol. The van der Waals surface area contributed by atoms with E-state index in [4.69, 9.17) is 0 Å². The SMILES string of the molecule is C[C@@H]1CCc2cc(F)ccc2N1C(=O)c1cccs1. The fourth-order valence-electron chi connectivity index (χ4n) is 2.55. The first-order valence-electron chi connectivity index (χ1n) is 6.32. The lowest BCUT2D eigenvalue weighted by Crippen LogP contribution is -2.41. The maximum atomic E-state index is 13.3. The summed E-state index contributed by atoms with van der Waals surface area (Å²) in [7, 11) is 0. The van der Waals surface area contributed by atoms with Crippen molar-refractivity contribution < 1.29 is 9.18 Å². The van der Waals surface area contributed by atoms with Crippen molar-refractivity contribution in [2.45, 2.75) is 25.8 Å². The Labute approximate surface area is 115 Å². The van der Waals surface area contributed by atoms with Gasteiger partial charge in [0.1, 0.15) is 5.82 Å². The van der Waals surface area contributed by atoms with Crippen LogP contribution in [0.5, 0.6) is 0 Å². The van der Waals surface area contributed by atoms with Gasteiger partial charge in [-0.2, -0.15) is 0 Å². The summed E-state index contributed by atoms with van der Waals surface area (Å²) in [6.07, 6.45) is 1.69. The summed E-state index contributed by atoms with van der Waals surface area (Å²) in [6.45, 7) is 2.04. The second kappa shape index (κ2) is 4.78. The van der Waals surface area contributed by atoms with Crippen molar-refractivity contribution >= 4 is 22.9 Å². The number of rotatable bonds is 1. The molecular formula is C15H14FNOS. The topological polar surface area (TPSA) is 20.3 Å². The van der Waals surface area contributed by atoms with Gasteiger partial charge in [-0.1, -0.05) is 6.07 Å². The van der Waals surface area contributed by atoms with E-state index in [1.807, 2.05) is 24.4 Å². The Balaban J connectivity index is 2.04. The molecule has 0 saturated carbocycles. The van der Waals surface area contributed by atoms with Crippen molar-refractivity contribution in [2.24, 2.45) is 0 Å². The number of anilines is 1. The standard InChI is InChI=1S/C15H14FNOS/c1-10-4-5-11-9-12(16)6-7-13(11)17(10)15(18)14-3-2-8-19-14/h2-3,6-10H,4-5H2,1H3/t10-/m1/s1. The van der Waals surface area contributed by atoms with Gasteiger partial charge in [0.2, 0.25) is 0 Å². The summed E-state index contributed by atoms with van der Waals surface area (Å²) < 4.78 is 13.3. The number of fused-ring (bicyclic) bond motifs is 1. The normalized spacial score (nSPS) is 18.2. The first kappa shape index (κ1) is 12.4. The van der Waals surface area contributed by atoms with Crippen molar-refractivity contribution in [3.63, 3.8) is 0 Å². The lowest BCUT2D eigenvalue weighted by molar-refractivity contribution is 0.0979. The minimum atomic E-state index is -0.239. The van der Waals surface area contributed by atoms with Gasteiger partial charge < -0.3 is 4.90 Å². The van der Waals surface area contributed by atoms with Gasteiger partial charge in [-0.15, -0.1) is 11.3 Å². The second-order valence-electron chi connectivity index (χ2n) is 4.81. The van der Waals surface area contributed by atoms with Crippen LogP contribution < -0.4 is 4.90 Å². The third-order valence-corrected chi connectivity index (χ3v) is 4.38. The Bertz CT molecular complexity index is 609. The number of thiophene rings is 1. The number of halogens is 1. The summed E-state index contributed by atoms with van der Waals surface area (Å²) in [5.41, 5.74) is 1.77. The Hall–Kier alpha value is -1.68. The second-order valence-corrected chi connectivity index (χ2v) is 5.76. The number of carbonyl (C=O) groups is 1. The Morgan fingerprint density at radius 1 is 1.42 bits per heavy atom. The zero-order chi connectivity index (χ0) is 13.4. The fourth-order valence-corrected chi connectivity index (χ4v) is 3.21. The maximum absolute atomic E-state index is 13.3. The van der Waals surface area contributed by atoms with Gasteiger partial charge in [-0.05, 0) is 55.0 Å². The van der Waals surface area contributed by atoms with Gasteiger partial charge in [0.05, 0.1) is 4.88 Å². The summed E-state index contributed by atoms with van der Waals surface area (Å²) in [5.74, 6) is -0.230. The highest BCUT2D eigenvalue weighted by Gasteiger charge is 2.29. The van der Waals surface area contributed by atoms with Crippen molar-refractivity contribution in [1.29, 1.82) is 0 Å². The molecule has 1 amide bonds. The molecule has 3 rings (SSSR count). The number of hydrogen-bond donors (Lipinski definition) is 0. The van der Waals surface area contributed by atoms with Gasteiger partial charge in [0.25, 0.3) is 5.91 Å². The fraction of sp³-hybridized carbons (Fsp3) is 0.267. The first-order valence-corrected chi connectivity index (χ1v) is 7.20. The van der Waals surface area contributed by atoms with Crippen molar-refractivity contribution in [1.82, 2.24) is 0 Å². The van der Waals surface area contributed by atoms with Crippen molar-refractivity contribution in [3.8, 4) is 0 Å². The Kier molecular flexibility index (Phi) is 3.11. The minimum Gasteiger partial charge on any atom is -0.305 e. The first-order chi connectivity index (χ1) is 9.16. The van der Waals surface area contributed by atoms with Crippen LogP contribution in [0.25, 0.3) is 0 Å². The summed E-state index contributed by atoms with van der Waals surface area (Å²) >= 11 is 1.44. The maximum Gasteiger partial charge on any atom is 0.268 e. The molecule has 19 heavy (non-hydrogen) atoms. The summed E-state index contributed by atoms with van der Waals surface area (Å²) in [5, 5.41) is 1.90. The van der Waals surface area contributed by atoms with E-state index >= 15 is 0 Å². The van der Waals surface area contributed by atoms with Gasteiger partial charge in [0.15, 0.2) is 0 Å². The van der Waals surface area contributed by atoms with E-state index in [-0.39, 0.29) is 17.8 Å². The highest BCUT2D eigenvalue weighted by atomic mass is 32.1. The number of hydrogen-bond acceptors (Lipinski definition) is 2. The molecular weight excluding hydrogens is 261 g/mol. The zero-order valence-electron chi connectivity index (χ0n) is 10.6. The minimum absolute atomic E-state index is 0.00931. The van der Waals surface area contributed by atoms with E-state index in [1.54, 1.807) is 11.0 Å². The molecule has 98 valence electrons. The molecule has 0 N–H and O–H groups in total. The van der Waals surface area contributed by atoms with Crippen LogP contribution in [0.4, 0.5) is 10.1 Å². The van der Waals surface area contributed by atoms with Crippen LogP contribution in [0.3, 0.4) is 0 Å². The molecule has 0 bridgehead atoms. The lowest BCUT2D eigenvalue weighted by atomic mass is 9.96. The van der Waals surface area contributed by atoms with Crippen LogP contribution >= 0.6 is 11.3 Å². The summed E-state index contributed by atoms with van der Waals surface area (Å²) in [6, 6.07) is 8.52. The largest absolute Gasteiger partial charge is 0.305 e. The molecule has 0 radical (unpaired) electrons. The van der Waals surface area contributed by atoms with E-state index in [0.717, 1.165) is 29.0 Å². The molecule has 4 heteroatoms. The number of nitrogens with zero attached hydrogens (tertiary/aromatic N) is 1. The van der Waals surface area contributed by atoms with E-state index in [2.05, 4.69) is 0 Å². The van der Waals surface area contributed by atoms with E-state index in [0.29, 0.717) is 0 Å². The Morgan fingerprint density at radius 2 is 2.26 bits per heavy atom. The van der Waals surface area contributed by atoms with E-state index < -0.39 is 0 Å². The van der Waals surface area contributed by atoms with Gasteiger partial charge in [-0.25, -0.2) is 4.39 Å². The van der Waals surface area contributed by atoms with E-state index in [1.165, 1.54) is 23.5 Å². The smallest absolute Gasteiger partial charge is 0.268 e. The van der Waals surface area contributed by atoms with Gasteiger partial charge in [-0.3, -0.25) is 4.79 Å². The number of benzene rings is 1. The molecule has 0 spiro atoms. The van der Waals surface area contributed by atoms with Crippen LogP contribution in [0.1, 0.15) is 28.6 Å². The lowest BCUT2D eigenvalue weighted by Gasteiger charge is -2.35. The van der Waals surface area contributed by atoms with Crippen molar-refractivity contribution in [2.75, 3.05) is 4.90 Å².